The van der Waals surface area contributed by atoms with Crippen molar-refractivity contribution in [2.45, 2.75) is 44.9 Å². The molecule has 0 unspecified atom stereocenters. The molecule has 0 fully saturated rings. The Hall–Kier alpha value is -1.82. The van der Waals surface area contributed by atoms with Crippen molar-refractivity contribution in [2.24, 2.45) is 0 Å². The van der Waals surface area contributed by atoms with E-state index < -0.39 is 0 Å². The lowest BCUT2D eigenvalue weighted by Gasteiger charge is -2.02. The van der Waals surface area contributed by atoms with Crippen LogP contribution in [0.4, 0.5) is 0 Å². The van der Waals surface area contributed by atoms with Gasteiger partial charge in [-0.3, -0.25) is 4.79 Å². The molecule has 2 rings (SSSR count). The number of hydrogen-bond acceptors (Lipinski definition) is 5. The molecule has 0 saturated carbocycles. The Morgan fingerprint density at radius 3 is 2.52 bits per heavy atom. The lowest BCUT2D eigenvalue weighted by Crippen LogP contribution is -2.25. The van der Waals surface area contributed by atoms with E-state index in [9.17, 15) is 4.79 Å². The zero-order valence-corrected chi connectivity index (χ0v) is 15.7. The summed E-state index contributed by atoms with van der Waals surface area (Å²) < 4.78 is 5.62. The van der Waals surface area contributed by atoms with Gasteiger partial charge in [0, 0.05) is 25.8 Å². The fourth-order valence-electron chi connectivity index (χ4n) is 2.49. The Balaban J connectivity index is 1.59. The number of nitrogens with zero attached hydrogens (tertiary/aromatic N) is 2. The fourth-order valence-corrected chi connectivity index (χ4v) is 2.93. The first-order valence-corrected chi connectivity index (χ1v) is 10.3. The van der Waals surface area contributed by atoms with Gasteiger partial charge in [0.05, 0.1) is 0 Å². The molecule has 25 heavy (non-hydrogen) atoms. The Bertz CT molecular complexity index is 616. The number of carbonyl (C=O) groups is 1. The Morgan fingerprint density at radius 1 is 1.04 bits per heavy atom. The number of hydrogen-bond donors (Lipinski definition) is 1. The van der Waals surface area contributed by atoms with Crippen LogP contribution >= 0.6 is 11.8 Å². The number of nitrogens with one attached hydrogen (secondary N) is 1. The third kappa shape index (κ3) is 8.20. The van der Waals surface area contributed by atoms with E-state index in [0.29, 0.717) is 24.6 Å². The molecule has 1 aromatic carbocycles. The van der Waals surface area contributed by atoms with E-state index in [0.717, 1.165) is 44.4 Å². The minimum Gasteiger partial charge on any atom is -0.425 e. The summed E-state index contributed by atoms with van der Waals surface area (Å²) in [5, 5.41) is 11.0. The van der Waals surface area contributed by atoms with Gasteiger partial charge in [-0.15, -0.1) is 10.2 Å². The van der Waals surface area contributed by atoms with Crippen molar-refractivity contribution >= 4 is 17.7 Å². The number of aryl methyl sites for hydroxylation is 3. The largest absolute Gasteiger partial charge is 0.425 e. The van der Waals surface area contributed by atoms with E-state index >= 15 is 0 Å². The van der Waals surface area contributed by atoms with Crippen molar-refractivity contribution in [1.29, 1.82) is 0 Å². The van der Waals surface area contributed by atoms with Gasteiger partial charge in [-0.2, -0.15) is 11.8 Å². The van der Waals surface area contributed by atoms with Crippen LogP contribution in [-0.2, 0) is 24.1 Å². The Labute approximate surface area is 154 Å². The van der Waals surface area contributed by atoms with Gasteiger partial charge in [-0.1, -0.05) is 30.3 Å². The first-order valence-electron chi connectivity index (χ1n) is 8.88. The summed E-state index contributed by atoms with van der Waals surface area (Å²) in [4.78, 5) is 11.7. The minimum atomic E-state index is 0.0451. The summed E-state index contributed by atoms with van der Waals surface area (Å²) in [5.74, 6) is 2.34. The lowest BCUT2D eigenvalue weighted by molar-refractivity contribution is -0.121. The third-order valence-corrected chi connectivity index (χ3v) is 4.57. The Morgan fingerprint density at radius 2 is 1.76 bits per heavy atom. The van der Waals surface area contributed by atoms with E-state index in [1.165, 1.54) is 5.56 Å². The molecule has 0 aliphatic carbocycles. The number of amides is 1. The molecule has 0 atom stereocenters. The van der Waals surface area contributed by atoms with Gasteiger partial charge in [0.2, 0.25) is 17.7 Å². The highest BCUT2D eigenvalue weighted by atomic mass is 32.2. The van der Waals surface area contributed by atoms with Gasteiger partial charge >= 0.3 is 0 Å². The van der Waals surface area contributed by atoms with E-state index in [-0.39, 0.29) is 5.91 Å². The van der Waals surface area contributed by atoms with E-state index in [4.69, 9.17) is 4.42 Å². The molecule has 0 spiro atoms. The second kappa shape index (κ2) is 11.7. The number of aromatic nitrogens is 2. The van der Waals surface area contributed by atoms with Crippen LogP contribution in [0.25, 0.3) is 0 Å². The van der Waals surface area contributed by atoms with Crippen LogP contribution in [0.1, 0.15) is 43.0 Å². The molecule has 136 valence electrons. The molecule has 0 aliphatic heterocycles. The van der Waals surface area contributed by atoms with Gasteiger partial charge in [0.15, 0.2) is 0 Å². The normalized spacial score (nSPS) is 10.8. The van der Waals surface area contributed by atoms with E-state index in [1.807, 2.05) is 6.07 Å². The molecule has 0 bridgehead atoms. The molecule has 1 aromatic heterocycles. The number of thioether (sulfide) groups is 1. The van der Waals surface area contributed by atoms with Crippen LogP contribution < -0.4 is 5.32 Å². The second-order valence-corrected chi connectivity index (χ2v) is 6.96. The van der Waals surface area contributed by atoms with Gasteiger partial charge in [0.25, 0.3) is 0 Å². The second-order valence-electron chi connectivity index (χ2n) is 5.98. The summed E-state index contributed by atoms with van der Waals surface area (Å²) in [6.45, 7) is 0.732. The zero-order valence-electron chi connectivity index (χ0n) is 14.9. The monoisotopic (exact) mass is 361 g/mol. The highest BCUT2D eigenvalue weighted by Crippen LogP contribution is 2.09. The smallest absolute Gasteiger partial charge is 0.220 e. The first kappa shape index (κ1) is 19.5. The summed E-state index contributed by atoms with van der Waals surface area (Å²) in [7, 11) is 0. The van der Waals surface area contributed by atoms with Crippen LogP contribution in [-0.4, -0.2) is 34.7 Å². The summed E-state index contributed by atoms with van der Waals surface area (Å²) in [5.41, 5.74) is 1.36. The highest BCUT2D eigenvalue weighted by molar-refractivity contribution is 7.98. The summed E-state index contributed by atoms with van der Waals surface area (Å²) in [6, 6.07) is 10.5. The van der Waals surface area contributed by atoms with Crippen molar-refractivity contribution < 1.29 is 9.21 Å². The topological polar surface area (TPSA) is 68.0 Å². The first-order chi connectivity index (χ1) is 12.3. The molecule has 5 nitrogen and oxygen atoms in total. The predicted octanol–water partition coefficient (Wildman–Crippen LogP) is 3.44. The molecule has 1 N–H and O–H groups in total. The average Bonchev–Trinajstić information content (AvgIpc) is 3.09. The maximum absolute atomic E-state index is 11.7. The zero-order chi connectivity index (χ0) is 17.7. The molecule has 2 aromatic rings. The van der Waals surface area contributed by atoms with Crippen LogP contribution in [0.5, 0.6) is 0 Å². The molecular formula is C19H27N3O2S. The van der Waals surface area contributed by atoms with Gasteiger partial charge < -0.3 is 9.73 Å². The molecule has 0 aliphatic rings. The SMILES string of the molecule is CSCCCNC(=O)CCc1nnc(CCCCc2ccccc2)o1. The average molecular weight is 362 g/mol. The van der Waals surface area contributed by atoms with Crippen LogP contribution in [0.3, 0.4) is 0 Å². The Kier molecular flexibility index (Phi) is 9.12. The number of rotatable bonds is 12. The van der Waals surface area contributed by atoms with Gasteiger partial charge in [-0.25, -0.2) is 0 Å². The quantitative estimate of drug-likeness (QED) is 0.587. The highest BCUT2D eigenvalue weighted by Gasteiger charge is 2.08. The molecule has 6 heteroatoms. The number of carbonyl (C=O) groups excluding carboxylic acids is 1. The van der Waals surface area contributed by atoms with Crippen molar-refractivity contribution in [2.75, 3.05) is 18.6 Å². The van der Waals surface area contributed by atoms with Crippen LogP contribution in [0.15, 0.2) is 34.7 Å². The van der Waals surface area contributed by atoms with Crippen molar-refractivity contribution in [1.82, 2.24) is 15.5 Å². The van der Waals surface area contributed by atoms with E-state index in [2.05, 4.69) is 46.0 Å². The summed E-state index contributed by atoms with van der Waals surface area (Å²) in [6.07, 6.45) is 7.95. The van der Waals surface area contributed by atoms with Gasteiger partial charge in [-0.05, 0) is 43.3 Å². The minimum absolute atomic E-state index is 0.0451. The van der Waals surface area contributed by atoms with Crippen molar-refractivity contribution in [3.63, 3.8) is 0 Å². The van der Waals surface area contributed by atoms with Gasteiger partial charge in [0.1, 0.15) is 0 Å². The van der Waals surface area contributed by atoms with E-state index in [1.54, 1.807) is 11.8 Å². The molecule has 1 amide bonds. The number of unbranched alkanes of at least 4 members (excludes halogenated alkanes) is 1. The predicted molar refractivity (Wildman–Crippen MR) is 102 cm³/mol. The number of benzene rings is 1. The molecule has 0 saturated heterocycles. The van der Waals surface area contributed by atoms with Crippen molar-refractivity contribution in [3.05, 3.63) is 47.7 Å². The summed E-state index contributed by atoms with van der Waals surface area (Å²) >= 11 is 1.79. The standard InChI is InChI=1S/C19H27N3O2S/c1-25-15-7-14-20-17(23)12-13-19-22-21-18(24-19)11-6-5-10-16-8-3-2-4-9-16/h2-4,8-9H,5-7,10-15H2,1H3,(H,20,23). The fraction of sp³-hybridized carbons (Fsp3) is 0.526. The third-order valence-electron chi connectivity index (χ3n) is 3.87. The lowest BCUT2D eigenvalue weighted by atomic mass is 10.1. The molecule has 0 radical (unpaired) electrons. The maximum Gasteiger partial charge on any atom is 0.220 e. The van der Waals surface area contributed by atoms with Crippen LogP contribution in [0.2, 0.25) is 0 Å². The molecule has 1 heterocycles. The maximum atomic E-state index is 11.7. The molecular weight excluding hydrogens is 334 g/mol. The van der Waals surface area contributed by atoms with Crippen molar-refractivity contribution in [3.8, 4) is 0 Å². The van der Waals surface area contributed by atoms with Crippen LogP contribution in [0, 0.1) is 0 Å².